The van der Waals surface area contributed by atoms with Crippen molar-refractivity contribution in [1.82, 2.24) is 15.2 Å². The van der Waals surface area contributed by atoms with Gasteiger partial charge < -0.3 is 19.9 Å². The van der Waals surface area contributed by atoms with Crippen LogP contribution >= 0.6 is 0 Å². The number of carboxylic acid groups (broad SMARTS) is 1. The molecular formula is C26H30N4O3. The smallest absolute Gasteiger partial charge is 0.325 e. The van der Waals surface area contributed by atoms with Crippen molar-refractivity contribution in [1.29, 1.82) is 0 Å². The molecule has 1 aliphatic heterocycles. The van der Waals surface area contributed by atoms with Crippen LogP contribution in [0, 0.1) is 0 Å². The topological polar surface area (TPSA) is 88.7 Å². The fourth-order valence-corrected chi connectivity index (χ4v) is 4.19. The van der Waals surface area contributed by atoms with E-state index in [1.54, 1.807) is 30.3 Å². The van der Waals surface area contributed by atoms with Crippen molar-refractivity contribution in [2.45, 2.75) is 19.5 Å². The molecule has 1 aromatic heterocycles. The Morgan fingerprint density at radius 2 is 1.70 bits per heavy atom. The van der Waals surface area contributed by atoms with E-state index in [9.17, 15) is 14.7 Å². The van der Waals surface area contributed by atoms with Gasteiger partial charge in [-0.1, -0.05) is 55.5 Å². The number of nitrogens with zero attached hydrogens (tertiary/aromatic N) is 2. The fraction of sp³-hybridized carbons (Fsp3) is 0.308. The molecule has 4 rings (SSSR count). The number of aromatic nitrogens is 1. The number of hydrogen-bond donors (Lipinski definition) is 3. The van der Waals surface area contributed by atoms with Crippen molar-refractivity contribution in [2.24, 2.45) is 0 Å². The zero-order chi connectivity index (χ0) is 23.2. The molecule has 1 saturated heterocycles. The van der Waals surface area contributed by atoms with E-state index in [1.807, 2.05) is 24.3 Å². The van der Waals surface area contributed by atoms with Gasteiger partial charge in [-0.15, -0.1) is 0 Å². The van der Waals surface area contributed by atoms with Gasteiger partial charge in [-0.25, -0.2) is 0 Å². The second-order valence-electron chi connectivity index (χ2n) is 8.26. The van der Waals surface area contributed by atoms with E-state index in [0.717, 1.165) is 44.0 Å². The molecule has 0 saturated carbocycles. The van der Waals surface area contributed by atoms with Crippen molar-refractivity contribution >= 4 is 11.7 Å². The number of pyridine rings is 1. The second kappa shape index (κ2) is 10.5. The van der Waals surface area contributed by atoms with E-state index < -0.39 is 12.0 Å². The van der Waals surface area contributed by atoms with Gasteiger partial charge in [0, 0.05) is 49.7 Å². The predicted molar refractivity (Wildman–Crippen MR) is 130 cm³/mol. The lowest BCUT2D eigenvalue weighted by Gasteiger charge is -2.35. The molecule has 0 bridgehead atoms. The number of H-pyrrole nitrogens is 1. The first-order chi connectivity index (χ1) is 16.0. The van der Waals surface area contributed by atoms with E-state index in [-0.39, 0.29) is 12.1 Å². The lowest BCUT2D eigenvalue weighted by molar-refractivity contribution is -0.139. The summed E-state index contributed by atoms with van der Waals surface area (Å²) >= 11 is 0. The zero-order valence-corrected chi connectivity index (χ0v) is 18.8. The standard InChI is InChI=1S/C26H30N4O3/c1-2-29-14-16-30(17-15-29)22-11-8-19(9-12-22)23-13-10-21(25(31)28-23)18-27-24(26(32)33)20-6-4-3-5-7-20/h3-13,24,27H,2,14-18H2,1H3,(H,28,31)(H,32,33)/t24-/m0/s1. The maximum Gasteiger partial charge on any atom is 0.325 e. The molecule has 0 spiro atoms. The van der Waals surface area contributed by atoms with Crippen LogP contribution in [0.4, 0.5) is 5.69 Å². The summed E-state index contributed by atoms with van der Waals surface area (Å²) in [5.74, 6) is -0.981. The maximum atomic E-state index is 12.6. The predicted octanol–water partition coefficient (Wildman–Crippen LogP) is 3.10. The van der Waals surface area contributed by atoms with Gasteiger partial charge in [0.25, 0.3) is 5.56 Å². The largest absolute Gasteiger partial charge is 0.480 e. The first kappa shape index (κ1) is 22.8. The van der Waals surface area contributed by atoms with Crippen molar-refractivity contribution < 1.29 is 9.90 Å². The molecule has 2 heterocycles. The Balaban J connectivity index is 1.42. The Hall–Kier alpha value is -3.42. The SMILES string of the molecule is CCN1CCN(c2ccc(-c3ccc(CN[C@H](C(=O)O)c4ccccc4)c(=O)[nH]3)cc2)CC1. The highest BCUT2D eigenvalue weighted by Crippen LogP contribution is 2.22. The third kappa shape index (κ3) is 5.50. The number of nitrogens with one attached hydrogen (secondary N) is 2. The summed E-state index contributed by atoms with van der Waals surface area (Å²) in [5, 5.41) is 12.5. The monoisotopic (exact) mass is 446 g/mol. The molecule has 33 heavy (non-hydrogen) atoms. The zero-order valence-electron chi connectivity index (χ0n) is 18.8. The van der Waals surface area contributed by atoms with Crippen LogP contribution in [0.1, 0.15) is 24.1 Å². The highest BCUT2D eigenvalue weighted by molar-refractivity contribution is 5.75. The van der Waals surface area contributed by atoms with Crippen LogP contribution in [0.25, 0.3) is 11.3 Å². The normalized spacial score (nSPS) is 15.4. The number of rotatable bonds is 8. The molecule has 1 fully saturated rings. The van der Waals surface area contributed by atoms with E-state index in [1.165, 1.54) is 5.69 Å². The minimum Gasteiger partial charge on any atom is -0.480 e. The number of carboxylic acids is 1. The van der Waals surface area contributed by atoms with Crippen molar-refractivity contribution in [3.8, 4) is 11.3 Å². The molecule has 3 N–H and O–H groups in total. The first-order valence-corrected chi connectivity index (χ1v) is 11.4. The number of likely N-dealkylation sites (N-methyl/N-ethyl adjacent to an activating group) is 1. The molecule has 0 amide bonds. The van der Waals surface area contributed by atoms with Crippen molar-refractivity contribution in [3.05, 3.63) is 88.2 Å². The van der Waals surface area contributed by atoms with Gasteiger partial charge in [-0.3, -0.25) is 14.9 Å². The number of anilines is 1. The number of aromatic amines is 1. The Morgan fingerprint density at radius 1 is 1.00 bits per heavy atom. The van der Waals surface area contributed by atoms with Crippen LogP contribution in [0.5, 0.6) is 0 Å². The average Bonchev–Trinajstić information content (AvgIpc) is 2.85. The Labute approximate surface area is 193 Å². The van der Waals surface area contributed by atoms with Crippen LogP contribution < -0.4 is 15.8 Å². The highest BCUT2D eigenvalue weighted by atomic mass is 16.4. The van der Waals surface area contributed by atoms with Gasteiger partial charge in [0.05, 0.1) is 0 Å². The Morgan fingerprint density at radius 3 is 2.30 bits per heavy atom. The van der Waals surface area contributed by atoms with Gasteiger partial charge in [0.1, 0.15) is 6.04 Å². The molecule has 0 radical (unpaired) electrons. The molecular weight excluding hydrogens is 416 g/mol. The number of carbonyl (C=O) groups is 1. The van der Waals surface area contributed by atoms with Crippen molar-refractivity contribution in [2.75, 3.05) is 37.6 Å². The van der Waals surface area contributed by atoms with Crippen LogP contribution in [0.3, 0.4) is 0 Å². The fourth-order valence-electron chi connectivity index (χ4n) is 4.19. The number of aliphatic carboxylic acids is 1. The molecule has 7 heteroatoms. The minimum atomic E-state index is -0.981. The van der Waals surface area contributed by atoms with Gasteiger partial charge >= 0.3 is 5.97 Å². The molecule has 0 aliphatic carbocycles. The van der Waals surface area contributed by atoms with Crippen LogP contribution in [0.15, 0.2) is 71.5 Å². The van der Waals surface area contributed by atoms with Gasteiger partial charge in [-0.2, -0.15) is 0 Å². The maximum absolute atomic E-state index is 12.6. The summed E-state index contributed by atoms with van der Waals surface area (Å²) in [6.07, 6.45) is 0. The van der Waals surface area contributed by atoms with Crippen LogP contribution in [-0.2, 0) is 11.3 Å². The van der Waals surface area contributed by atoms with Gasteiger partial charge in [0.2, 0.25) is 0 Å². The average molecular weight is 447 g/mol. The summed E-state index contributed by atoms with van der Waals surface area (Å²) in [6, 6.07) is 19.9. The third-order valence-electron chi connectivity index (χ3n) is 6.23. The number of piperazine rings is 1. The minimum absolute atomic E-state index is 0.157. The molecule has 172 valence electrons. The number of benzene rings is 2. The summed E-state index contributed by atoms with van der Waals surface area (Å²) in [4.78, 5) is 32.1. The molecule has 1 aliphatic rings. The first-order valence-electron chi connectivity index (χ1n) is 11.4. The lowest BCUT2D eigenvalue weighted by atomic mass is 10.1. The summed E-state index contributed by atoms with van der Waals surface area (Å²) < 4.78 is 0. The summed E-state index contributed by atoms with van der Waals surface area (Å²) in [7, 11) is 0. The van der Waals surface area contributed by atoms with E-state index in [2.05, 4.69) is 39.2 Å². The molecule has 0 unspecified atom stereocenters. The van der Waals surface area contributed by atoms with Crippen molar-refractivity contribution in [3.63, 3.8) is 0 Å². The van der Waals surface area contributed by atoms with Crippen LogP contribution in [-0.4, -0.2) is 53.7 Å². The van der Waals surface area contributed by atoms with E-state index >= 15 is 0 Å². The molecule has 2 aromatic carbocycles. The Bertz CT molecular complexity index is 1120. The molecule has 7 nitrogen and oxygen atoms in total. The molecule has 1 atom stereocenters. The Kier molecular flexibility index (Phi) is 7.22. The quantitative estimate of drug-likeness (QED) is 0.493. The lowest BCUT2D eigenvalue weighted by Crippen LogP contribution is -2.46. The summed E-state index contributed by atoms with van der Waals surface area (Å²) in [6.45, 7) is 7.64. The van der Waals surface area contributed by atoms with Crippen LogP contribution in [0.2, 0.25) is 0 Å². The van der Waals surface area contributed by atoms with E-state index in [4.69, 9.17) is 0 Å². The van der Waals surface area contributed by atoms with Gasteiger partial charge in [-0.05, 0) is 35.9 Å². The second-order valence-corrected chi connectivity index (χ2v) is 8.26. The summed E-state index contributed by atoms with van der Waals surface area (Å²) in [5.41, 5.74) is 3.79. The van der Waals surface area contributed by atoms with Gasteiger partial charge in [0.15, 0.2) is 0 Å². The number of hydrogen-bond acceptors (Lipinski definition) is 5. The third-order valence-corrected chi connectivity index (χ3v) is 6.23. The van der Waals surface area contributed by atoms with E-state index in [0.29, 0.717) is 11.1 Å². The highest BCUT2D eigenvalue weighted by Gasteiger charge is 2.19. The molecule has 3 aromatic rings.